The third-order valence-corrected chi connectivity index (χ3v) is 3.41. The van der Waals surface area contributed by atoms with Crippen molar-refractivity contribution in [3.8, 4) is 0 Å². The molecule has 0 spiro atoms. The fraction of sp³-hybridized carbons (Fsp3) is 0.353. The molecule has 0 bridgehead atoms. The molecule has 2 aromatic heterocycles. The Bertz CT molecular complexity index is 815. The molecule has 0 N–H and O–H groups in total. The topological polar surface area (TPSA) is 69.1 Å². The predicted molar refractivity (Wildman–Crippen MR) is 84.1 cm³/mol. The molecule has 0 amide bonds. The quantitative estimate of drug-likeness (QED) is 0.680. The van der Waals surface area contributed by atoms with Gasteiger partial charge in [-0.3, -0.25) is 4.79 Å². The molecule has 0 radical (unpaired) electrons. The van der Waals surface area contributed by atoms with Crippen LogP contribution in [0.25, 0.3) is 11.1 Å². The Balaban J connectivity index is 0.00000176. The third-order valence-electron chi connectivity index (χ3n) is 3.41. The molecule has 0 atom stereocenters. The van der Waals surface area contributed by atoms with Gasteiger partial charge < -0.3 is 8.83 Å². The number of aryl methyl sites for hydroxylation is 4. The molecule has 5 nitrogen and oxygen atoms in total. The molecule has 3 aromatic rings. The van der Waals surface area contributed by atoms with E-state index in [2.05, 4.69) is 9.97 Å². The highest BCUT2D eigenvalue weighted by atomic mass is 16.4. The first-order valence-corrected chi connectivity index (χ1v) is 6.86. The summed E-state index contributed by atoms with van der Waals surface area (Å²) in [5.41, 5.74) is 2.98. The van der Waals surface area contributed by atoms with Crippen LogP contribution in [-0.4, -0.2) is 15.8 Å². The van der Waals surface area contributed by atoms with Crippen LogP contribution in [0.3, 0.4) is 0 Å². The van der Waals surface area contributed by atoms with Gasteiger partial charge in [0.25, 0.3) is 0 Å². The van der Waals surface area contributed by atoms with E-state index >= 15 is 0 Å². The van der Waals surface area contributed by atoms with Crippen molar-refractivity contribution in [3.63, 3.8) is 0 Å². The molecule has 0 saturated heterocycles. The molecule has 2 heterocycles. The van der Waals surface area contributed by atoms with Gasteiger partial charge in [0, 0.05) is 25.3 Å². The number of ketones is 1. The Labute approximate surface area is 129 Å². The van der Waals surface area contributed by atoms with Crippen molar-refractivity contribution in [2.45, 2.75) is 41.0 Å². The molecule has 116 valence electrons. The van der Waals surface area contributed by atoms with Crippen LogP contribution >= 0.6 is 0 Å². The normalized spacial score (nSPS) is 10.7. The van der Waals surface area contributed by atoms with Gasteiger partial charge in [0.1, 0.15) is 11.3 Å². The van der Waals surface area contributed by atoms with Crippen molar-refractivity contribution in [3.05, 3.63) is 47.0 Å². The second kappa shape index (κ2) is 6.13. The molecule has 0 aliphatic rings. The van der Waals surface area contributed by atoms with Crippen LogP contribution in [0, 0.1) is 13.8 Å². The van der Waals surface area contributed by atoms with Gasteiger partial charge in [-0.1, -0.05) is 7.43 Å². The van der Waals surface area contributed by atoms with Crippen molar-refractivity contribution >= 4 is 16.9 Å². The van der Waals surface area contributed by atoms with E-state index in [9.17, 15) is 4.79 Å². The van der Waals surface area contributed by atoms with Gasteiger partial charge in [0.15, 0.2) is 23.1 Å². The van der Waals surface area contributed by atoms with Crippen LogP contribution in [0.4, 0.5) is 0 Å². The lowest BCUT2D eigenvalue weighted by molar-refractivity contribution is 0.101. The van der Waals surface area contributed by atoms with Gasteiger partial charge in [-0.25, -0.2) is 9.97 Å². The minimum Gasteiger partial charge on any atom is -0.446 e. The van der Waals surface area contributed by atoms with Gasteiger partial charge in [0.05, 0.1) is 5.69 Å². The maximum Gasteiger partial charge on any atom is 0.195 e. The van der Waals surface area contributed by atoms with E-state index in [-0.39, 0.29) is 13.2 Å². The molecular weight excluding hydrogens is 280 g/mol. The van der Waals surface area contributed by atoms with Crippen LogP contribution in [-0.2, 0) is 12.8 Å². The van der Waals surface area contributed by atoms with E-state index in [1.807, 2.05) is 13.8 Å². The molecule has 0 saturated carbocycles. The van der Waals surface area contributed by atoms with E-state index in [1.165, 1.54) is 6.92 Å². The lowest BCUT2D eigenvalue weighted by Crippen LogP contribution is -1.94. The monoisotopic (exact) mass is 300 g/mol. The SMILES string of the molecule is C.CC(=O)c1ccc2oc(CCc3nc(C)oc3C)nc2c1. The summed E-state index contributed by atoms with van der Waals surface area (Å²) >= 11 is 0. The van der Waals surface area contributed by atoms with Crippen LogP contribution in [0.1, 0.15) is 47.9 Å². The van der Waals surface area contributed by atoms with Crippen LogP contribution < -0.4 is 0 Å². The van der Waals surface area contributed by atoms with Crippen molar-refractivity contribution in [2.24, 2.45) is 0 Å². The van der Waals surface area contributed by atoms with Crippen LogP contribution in [0.15, 0.2) is 27.0 Å². The Hall–Kier alpha value is -2.43. The highest BCUT2D eigenvalue weighted by Crippen LogP contribution is 2.19. The Morgan fingerprint density at radius 1 is 1.14 bits per heavy atom. The number of benzene rings is 1. The summed E-state index contributed by atoms with van der Waals surface area (Å²) < 4.78 is 11.1. The van der Waals surface area contributed by atoms with Gasteiger partial charge >= 0.3 is 0 Å². The zero-order valence-corrected chi connectivity index (χ0v) is 12.3. The van der Waals surface area contributed by atoms with Gasteiger partial charge in [-0.05, 0) is 32.0 Å². The number of hydrogen-bond donors (Lipinski definition) is 0. The van der Waals surface area contributed by atoms with Crippen molar-refractivity contribution in [1.82, 2.24) is 9.97 Å². The summed E-state index contributed by atoms with van der Waals surface area (Å²) in [4.78, 5) is 20.1. The first-order chi connectivity index (χ1) is 10.0. The van der Waals surface area contributed by atoms with Gasteiger partial charge in [-0.15, -0.1) is 0 Å². The molecule has 3 rings (SSSR count). The largest absolute Gasteiger partial charge is 0.446 e. The lowest BCUT2D eigenvalue weighted by atomic mass is 10.1. The number of carbonyl (C=O) groups excluding carboxylic acids is 1. The number of carbonyl (C=O) groups is 1. The smallest absolute Gasteiger partial charge is 0.195 e. The van der Waals surface area contributed by atoms with E-state index in [4.69, 9.17) is 8.83 Å². The molecule has 5 heteroatoms. The van der Waals surface area contributed by atoms with Crippen molar-refractivity contribution < 1.29 is 13.6 Å². The standard InChI is InChI=1S/C16H16N2O3.CH4/c1-9(19)12-4-6-15-14(8-12)18-16(21-15)7-5-13-10(2)20-11(3)17-13;/h4,6,8H,5,7H2,1-3H3;1H4. The molecule has 1 aromatic carbocycles. The maximum atomic E-state index is 11.4. The Kier molecular flexibility index (Phi) is 4.45. The first kappa shape index (κ1) is 15.9. The minimum absolute atomic E-state index is 0. The minimum atomic E-state index is 0. The molecule has 0 aliphatic carbocycles. The second-order valence-corrected chi connectivity index (χ2v) is 5.08. The zero-order valence-electron chi connectivity index (χ0n) is 12.3. The molecular formula is C17H20N2O3. The average molecular weight is 300 g/mol. The number of oxazole rings is 2. The summed E-state index contributed by atoms with van der Waals surface area (Å²) in [6.45, 7) is 5.28. The fourth-order valence-electron chi connectivity index (χ4n) is 2.33. The summed E-state index contributed by atoms with van der Waals surface area (Å²) in [7, 11) is 0. The molecule has 0 unspecified atom stereocenters. The molecule has 0 fully saturated rings. The summed E-state index contributed by atoms with van der Waals surface area (Å²) in [6.07, 6.45) is 1.37. The highest BCUT2D eigenvalue weighted by molar-refractivity contribution is 5.96. The molecule has 0 aliphatic heterocycles. The number of rotatable bonds is 4. The molecule has 22 heavy (non-hydrogen) atoms. The zero-order chi connectivity index (χ0) is 15.0. The number of fused-ring (bicyclic) bond motifs is 1. The summed E-state index contributed by atoms with van der Waals surface area (Å²) in [6, 6.07) is 5.30. The van der Waals surface area contributed by atoms with Crippen LogP contribution in [0.5, 0.6) is 0 Å². The summed E-state index contributed by atoms with van der Waals surface area (Å²) in [5, 5.41) is 0. The number of nitrogens with zero attached hydrogens (tertiary/aromatic N) is 2. The third kappa shape index (κ3) is 3.08. The van der Waals surface area contributed by atoms with E-state index in [0.29, 0.717) is 34.9 Å². The van der Waals surface area contributed by atoms with E-state index < -0.39 is 0 Å². The average Bonchev–Trinajstić information content (AvgIpc) is 2.97. The fourth-order valence-corrected chi connectivity index (χ4v) is 2.33. The van der Waals surface area contributed by atoms with Gasteiger partial charge in [-0.2, -0.15) is 0 Å². The number of aromatic nitrogens is 2. The first-order valence-electron chi connectivity index (χ1n) is 6.86. The van der Waals surface area contributed by atoms with E-state index in [1.54, 1.807) is 18.2 Å². The maximum absolute atomic E-state index is 11.4. The number of Topliss-reactive ketones (excluding diaryl/α,β-unsaturated/α-hetero) is 1. The van der Waals surface area contributed by atoms with Crippen LogP contribution in [0.2, 0.25) is 0 Å². The Morgan fingerprint density at radius 3 is 2.55 bits per heavy atom. The predicted octanol–water partition coefficient (Wildman–Crippen LogP) is 4.06. The van der Waals surface area contributed by atoms with E-state index in [0.717, 1.165) is 17.9 Å². The number of hydrogen-bond acceptors (Lipinski definition) is 5. The highest BCUT2D eigenvalue weighted by Gasteiger charge is 2.11. The lowest BCUT2D eigenvalue weighted by Gasteiger charge is -1.93. The van der Waals surface area contributed by atoms with Crippen molar-refractivity contribution in [2.75, 3.05) is 0 Å². The van der Waals surface area contributed by atoms with Crippen molar-refractivity contribution in [1.29, 1.82) is 0 Å². The van der Waals surface area contributed by atoms with Gasteiger partial charge in [0.2, 0.25) is 0 Å². The second-order valence-electron chi connectivity index (χ2n) is 5.08. The Morgan fingerprint density at radius 2 is 1.91 bits per heavy atom. The summed E-state index contributed by atoms with van der Waals surface area (Å²) in [5.74, 6) is 2.18.